The van der Waals surface area contributed by atoms with E-state index >= 15 is 0 Å². The molecule has 108 valence electrons. The van der Waals surface area contributed by atoms with E-state index in [4.69, 9.17) is 9.15 Å². The molecular formula is C19H20O2. The lowest BCUT2D eigenvalue weighted by atomic mass is 10.1. The Balaban J connectivity index is 1.87. The van der Waals surface area contributed by atoms with Gasteiger partial charge in [0.2, 0.25) is 0 Å². The number of hydrogen-bond donors (Lipinski definition) is 0. The topological polar surface area (TPSA) is 22.4 Å². The van der Waals surface area contributed by atoms with Gasteiger partial charge in [0.05, 0.1) is 6.61 Å². The average molecular weight is 280 g/mol. The minimum absolute atomic E-state index is 0.757. The number of furan rings is 1. The van der Waals surface area contributed by atoms with E-state index < -0.39 is 0 Å². The zero-order valence-electron chi connectivity index (χ0n) is 12.6. The highest BCUT2D eigenvalue weighted by Crippen LogP contribution is 2.30. The molecule has 0 radical (unpaired) electrons. The SMILES string of the molecule is CCCCOc1ccc2cc(-c3ccc(C)cc3)oc2c1. The molecule has 1 aromatic heterocycles. The number of rotatable bonds is 5. The van der Waals surface area contributed by atoms with Crippen LogP contribution in [0, 0.1) is 6.92 Å². The summed E-state index contributed by atoms with van der Waals surface area (Å²) in [4.78, 5) is 0. The van der Waals surface area contributed by atoms with E-state index in [1.807, 2.05) is 12.1 Å². The molecule has 3 rings (SSSR count). The molecule has 0 spiro atoms. The molecule has 2 nitrogen and oxygen atoms in total. The van der Waals surface area contributed by atoms with Crippen LogP contribution in [0.25, 0.3) is 22.3 Å². The predicted octanol–water partition coefficient (Wildman–Crippen LogP) is 5.59. The summed E-state index contributed by atoms with van der Waals surface area (Å²) in [6.07, 6.45) is 2.21. The molecule has 0 fully saturated rings. The van der Waals surface area contributed by atoms with E-state index in [0.29, 0.717) is 0 Å². The second-order valence-corrected chi connectivity index (χ2v) is 5.38. The molecule has 0 unspecified atom stereocenters. The van der Waals surface area contributed by atoms with Crippen LogP contribution >= 0.6 is 0 Å². The molecule has 0 aliphatic carbocycles. The summed E-state index contributed by atoms with van der Waals surface area (Å²) < 4.78 is 11.7. The van der Waals surface area contributed by atoms with Crippen LogP contribution in [0.3, 0.4) is 0 Å². The predicted molar refractivity (Wildman–Crippen MR) is 86.8 cm³/mol. The first-order valence-corrected chi connectivity index (χ1v) is 7.49. The number of hydrogen-bond acceptors (Lipinski definition) is 2. The number of benzene rings is 2. The highest BCUT2D eigenvalue weighted by Gasteiger charge is 2.07. The average Bonchev–Trinajstić information content (AvgIpc) is 2.91. The summed E-state index contributed by atoms with van der Waals surface area (Å²) in [7, 11) is 0. The van der Waals surface area contributed by atoms with Crippen molar-refractivity contribution in [3.8, 4) is 17.1 Å². The van der Waals surface area contributed by atoms with Crippen LogP contribution in [0.1, 0.15) is 25.3 Å². The van der Waals surface area contributed by atoms with E-state index in [0.717, 1.165) is 47.5 Å². The maximum Gasteiger partial charge on any atom is 0.138 e. The summed E-state index contributed by atoms with van der Waals surface area (Å²) in [6.45, 7) is 5.00. The zero-order valence-corrected chi connectivity index (χ0v) is 12.6. The van der Waals surface area contributed by atoms with E-state index in [1.165, 1.54) is 5.56 Å². The third kappa shape index (κ3) is 3.10. The summed E-state index contributed by atoms with van der Waals surface area (Å²) in [5.74, 6) is 1.77. The minimum atomic E-state index is 0.757. The van der Waals surface area contributed by atoms with Crippen molar-refractivity contribution in [1.29, 1.82) is 0 Å². The van der Waals surface area contributed by atoms with E-state index in [2.05, 4.69) is 50.2 Å². The Labute approximate surface area is 125 Å². The van der Waals surface area contributed by atoms with Crippen LogP contribution in [0.5, 0.6) is 5.75 Å². The van der Waals surface area contributed by atoms with Crippen LogP contribution in [0.15, 0.2) is 52.9 Å². The van der Waals surface area contributed by atoms with Crippen LogP contribution < -0.4 is 4.74 Å². The number of unbranched alkanes of at least 4 members (excludes halogenated alkanes) is 1. The molecule has 21 heavy (non-hydrogen) atoms. The standard InChI is InChI=1S/C19H20O2/c1-3-4-11-20-17-10-9-16-12-18(21-19(16)13-17)15-7-5-14(2)6-8-15/h5-10,12-13H,3-4,11H2,1-2H3. The first-order valence-electron chi connectivity index (χ1n) is 7.49. The Hall–Kier alpha value is -2.22. The van der Waals surface area contributed by atoms with Gasteiger partial charge in [0.15, 0.2) is 0 Å². The molecule has 3 aromatic rings. The molecule has 0 saturated heterocycles. The molecule has 0 atom stereocenters. The fourth-order valence-electron chi connectivity index (χ4n) is 2.30. The number of aryl methyl sites for hydroxylation is 1. The van der Waals surface area contributed by atoms with Crippen LogP contribution in [-0.2, 0) is 0 Å². The Morgan fingerprint density at radius 3 is 2.57 bits per heavy atom. The maximum absolute atomic E-state index is 5.96. The van der Waals surface area contributed by atoms with Crippen molar-refractivity contribution in [3.05, 3.63) is 54.1 Å². The Kier molecular flexibility index (Phi) is 3.96. The molecule has 0 amide bonds. The fraction of sp³-hybridized carbons (Fsp3) is 0.263. The van der Waals surface area contributed by atoms with E-state index in [1.54, 1.807) is 0 Å². The lowest BCUT2D eigenvalue weighted by molar-refractivity contribution is 0.309. The fourth-order valence-corrected chi connectivity index (χ4v) is 2.30. The highest BCUT2D eigenvalue weighted by atomic mass is 16.5. The molecule has 2 heteroatoms. The first kappa shape index (κ1) is 13.7. The van der Waals surface area contributed by atoms with E-state index in [-0.39, 0.29) is 0 Å². The third-order valence-electron chi connectivity index (χ3n) is 3.59. The lowest BCUT2D eigenvalue weighted by Gasteiger charge is -2.04. The molecule has 0 aliphatic heterocycles. The quantitative estimate of drug-likeness (QED) is 0.569. The summed E-state index contributed by atoms with van der Waals surface area (Å²) >= 11 is 0. The smallest absolute Gasteiger partial charge is 0.138 e. The molecule has 0 bridgehead atoms. The van der Waals surface area contributed by atoms with Crippen LogP contribution in [0.2, 0.25) is 0 Å². The minimum Gasteiger partial charge on any atom is -0.493 e. The lowest BCUT2D eigenvalue weighted by Crippen LogP contribution is -1.95. The molecule has 1 heterocycles. The van der Waals surface area contributed by atoms with Gasteiger partial charge in [-0.1, -0.05) is 43.2 Å². The van der Waals surface area contributed by atoms with Crippen molar-refractivity contribution in [2.24, 2.45) is 0 Å². The van der Waals surface area contributed by atoms with Gasteiger partial charge < -0.3 is 9.15 Å². The van der Waals surface area contributed by atoms with Crippen molar-refractivity contribution >= 4 is 11.0 Å². The van der Waals surface area contributed by atoms with Crippen molar-refractivity contribution in [2.75, 3.05) is 6.61 Å². The van der Waals surface area contributed by atoms with Crippen molar-refractivity contribution < 1.29 is 9.15 Å². The Morgan fingerprint density at radius 2 is 1.81 bits per heavy atom. The summed E-state index contributed by atoms with van der Waals surface area (Å²) in [6, 6.07) is 16.5. The Morgan fingerprint density at radius 1 is 1.00 bits per heavy atom. The second kappa shape index (κ2) is 6.04. The summed E-state index contributed by atoms with van der Waals surface area (Å²) in [5, 5.41) is 1.11. The number of fused-ring (bicyclic) bond motifs is 1. The second-order valence-electron chi connectivity index (χ2n) is 5.38. The molecule has 0 saturated carbocycles. The highest BCUT2D eigenvalue weighted by molar-refractivity contribution is 5.83. The van der Waals surface area contributed by atoms with Gasteiger partial charge in [-0.25, -0.2) is 0 Å². The Bertz CT molecular complexity index is 723. The monoisotopic (exact) mass is 280 g/mol. The summed E-state index contributed by atoms with van der Waals surface area (Å²) in [5.41, 5.74) is 3.23. The van der Waals surface area contributed by atoms with Gasteiger partial charge in [-0.05, 0) is 31.5 Å². The van der Waals surface area contributed by atoms with Gasteiger partial charge in [-0.3, -0.25) is 0 Å². The van der Waals surface area contributed by atoms with Crippen LogP contribution in [-0.4, -0.2) is 6.61 Å². The van der Waals surface area contributed by atoms with E-state index in [9.17, 15) is 0 Å². The molecule has 0 N–H and O–H groups in total. The van der Waals surface area contributed by atoms with Gasteiger partial charge in [0.1, 0.15) is 17.1 Å². The maximum atomic E-state index is 5.96. The van der Waals surface area contributed by atoms with Gasteiger partial charge in [0.25, 0.3) is 0 Å². The normalized spacial score (nSPS) is 11.0. The third-order valence-corrected chi connectivity index (χ3v) is 3.59. The van der Waals surface area contributed by atoms with Crippen molar-refractivity contribution in [1.82, 2.24) is 0 Å². The van der Waals surface area contributed by atoms with Gasteiger partial charge >= 0.3 is 0 Å². The molecule has 0 aliphatic rings. The van der Waals surface area contributed by atoms with Crippen LogP contribution in [0.4, 0.5) is 0 Å². The van der Waals surface area contributed by atoms with Crippen molar-refractivity contribution in [3.63, 3.8) is 0 Å². The molecule has 2 aromatic carbocycles. The van der Waals surface area contributed by atoms with Gasteiger partial charge in [-0.2, -0.15) is 0 Å². The largest absolute Gasteiger partial charge is 0.493 e. The van der Waals surface area contributed by atoms with Gasteiger partial charge in [0, 0.05) is 17.0 Å². The zero-order chi connectivity index (χ0) is 14.7. The molecular weight excluding hydrogens is 260 g/mol. The van der Waals surface area contributed by atoms with Gasteiger partial charge in [-0.15, -0.1) is 0 Å². The van der Waals surface area contributed by atoms with Crippen molar-refractivity contribution in [2.45, 2.75) is 26.7 Å². The first-order chi connectivity index (χ1) is 10.3. The number of ether oxygens (including phenoxy) is 1.